The van der Waals surface area contributed by atoms with Crippen LogP contribution >= 0.6 is 0 Å². The molecule has 104 valence electrons. The summed E-state index contributed by atoms with van der Waals surface area (Å²) in [6.07, 6.45) is 1.54. The van der Waals surface area contributed by atoms with Crippen molar-refractivity contribution in [1.29, 1.82) is 0 Å². The molecule has 0 aromatic carbocycles. The van der Waals surface area contributed by atoms with Gasteiger partial charge in [-0.1, -0.05) is 26.8 Å². The third-order valence-electron chi connectivity index (χ3n) is 2.79. The highest BCUT2D eigenvalue weighted by Crippen LogP contribution is 2.20. The Balaban J connectivity index is 4.70. The van der Waals surface area contributed by atoms with Crippen LogP contribution in [0.4, 0.5) is 0 Å². The quantitative estimate of drug-likeness (QED) is 0.723. The van der Waals surface area contributed by atoms with Gasteiger partial charge in [-0.05, 0) is 19.4 Å². The smallest absolute Gasteiger partial charge is 0.331 e. The Morgan fingerprint density at radius 1 is 1.39 bits per heavy atom. The van der Waals surface area contributed by atoms with Crippen LogP contribution in [0.5, 0.6) is 0 Å². The van der Waals surface area contributed by atoms with Gasteiger partial charge in [0.05, 0.1) is 6.04 Å². The van der Waals surface area contributed by atoms with Crippen molar-refractivity contribution in [3.8, 4) is 0 Å². The summed E-state index contributed by atoms with van der Waals surface area (Å²) < 4.78 is 0. The molecular formula is C13H24N2O3. The number of carbonyl (C=O) groups is 2. The van der Waals surface area contributed by atoms with Crippen molar-refractivity contribution in [2.75, 3.05) is 20.6 Å². The van der Waals surface area contributed by atoms with E-state index in [0.29, 0.717) is 6.54 Å². The molecule has 0 aliphatic carbocycles. The molecule has 5 heteroatoms. The zero-order valence-corrected chi connectivity index (χ0v) is 12.1. The van der Waals surface area contributed by atoms with Crippen LogP contribution in [-0.4, -0.2) is 48.6 Å². The van der Waals surface area contributed by atoms with E-state index in [4.69, 9.17) is 5.11 Å². The molecule has 2 N–H and O–H groups in total. The van der Waals surface area contributed by atoms with Crippen LogP contribution < -0.4 is 5.32 Å². The third kappa shape index (κ3) is 4.87. The van der Waals surface area contributed by atoms with Gasteiger partial charge in [0.25, 0.3) is 0 Å². The highest BCUT2D eigenvalue weighted by atomic mass is 16.4. The molecule has 0 saturated carbocycles. The van der Waals surface area contributed by atoms with Gasteiger partial charge in [0.2, 0.25) is 5.91 Å². The molecule has 0 spiro atoms. The van der Waals surface area contributed by atoms with E-state index in [1.165, 1.54) is 17.9 Å². The van der Waals surface area contributed by atoms with Crippen molar-refractivity contribution in [2.45, 2.75) is 33.7 Å². The molecule has 1 atom stereocenters. The van der Waals surface area contributed by atoms with Crippen molar-refractivity contribution in [2.24, 2.45) is 5.41 Å². The average molecular weight is 256 g/mol. The van der Waals surface area contributed by atoms with Gasteiger partial charge in [0.15, 0.2) is 0 Å². The second-order valence-electron chi connectivity index (χ2n) is 5.50. The largest absolute Gasteiger partial charge is 0.478 e. The first kappa shape index (κ1) is 16.6. The van der Waals surface area contributed by atoms with Crippen molar-refractivity contribution >= 4 is 11.9 Å². The first-order chi connectivity index (χ1) is 8.11. The number of rotatable bonds is 5. The predicted octanol–water partition coefficient (Wildman–Crippen LogP) is 1.11. The number of hydrogen-bond acceptors (Lipinski definition) is 3. The molecule has 0 saturated heterocycles. The van der Waals surface area contributed by atoms with Gasteiger partial charge in [-0.25, -0.2) is 4.79 Å². The maximum absolute atomic E-state index is 12.2. The number of nitrogens with zero attached hydrogens (tertiary/aromatic N) is 1. The van der Waals surface area contributed by atoms with Crippen LogP contribution in [0.15, 0.2) is 11.6 Å². The van der Waals surface area contributed by atoms with Gasteiger partial charge in [0, 0.05) is 19.2 Å². The monoisotopic (exact) mass is 256 g/mol. The Labute approximate surface area is 109 Å². The maximum Gasteiger partial charge on any atom is 0.331 e. The van der Waals surface area contributed by atoms with E-state index < -0.39 is 5.97 Å². The summed E-state index contributed by atoms with van der Waals surface area (Å²) in [6.45, 7) is 7.76. The van der Waals surface area contributed by atoms with Crippen molar-refractivity contribution in [1.82, 2.24) is 10.2 Å². The Hall–Kier alpha value is -1.36. The molecule has 0 aromatic rings. The summed E-state index contributed by atoms with van der Waals surface area (Å²) in [7, 11) is 3.42. The lowest BCUT2D eigenvalue weighted by Gasteiger charge is -2.32. The number of aliphatic carboxylic acids is 1. The van der Waals surface area contributed by atoms with E-state index in [1.54, 1.807) is 14.1 Å². The number of likely N-dealkylation sites (N-methyl/N-ethyl adjacent to an activating group) is 2. The summed E-state index contributed by atoms with van der Waals surface area (Å²) >= 11 is 0. The van der Waals surface area contributed by atoms with E-state index >= 15 is 0 Å². The molecule has 5 nitrogen and oxygen atoms in total. The molecule has 1 unspecified atom stereocenters. The number of amides is 1. The Kier molecular flexibility index (Phi) is 6.05. The molecule has 1 amide bonds. The van der Waals surface area contributed by atoms with Crippen LogP contribution in [0, 0.1) is 5.41 Å². The molecule has 0 aliphatic heterocycles. The Bertz CT molecular complexity index is 343. The lowest BCUT2D eigenvalue weighted by molar-refractivity contribution is -0.135. The third-order valence-corrected chi connectivity index (χ3v) is 2.79. The van der Waals surface area contributed by atoms with Crippen LogP contribution in [0.2, 0.25) is 0 Å². The van der Waals surface area contributed by atoms with E-state index in [1.807, 2.05) is 20.8 Å². The molecule has 0 bridgehead atoms. The second-order valence-corrected chi connectivity index (χ2v) is 5.50. The van der Waals surface area contributed by atoms with Gasteiger partial charge in [-0.2, -0.15) is 0 Å². The lowest BCUT2D eigenvalue weighted by Crippen LogP contribution is -2.50. The first-order valence-electron chi connectivity index (χ1n) is 5.93. The fourth-order valence-electron chi connectivity index (χ4n) is 1.60. The SMILES string of the molecule is CNC(C(=O)N(C)C/C=C(\C)C(=O)O)C(C)(C)C. The normalized spacial score (nSPS) is 14.2. The molecule has 0 rings (SSSR count). The van der Waals surface area contributed by atoms with Crippen LogP contribution in [0.1, 0.15) is 27.7 Å². The minimum atomic E-state index is -0.961. The fraction of sp³-hybridized carbons (Fsp3) is 0.692. The van der Waals surface area contributed by atoms with Crippen LogP contribution in [-0.2, 0) is 9.59 Å². The van der Waals surface area contributed by atoms with Gasteiger partial charge in [-0.3, -0.25) is 4.79 Å². The molecular weight excluding hydrogens is 232 g/mol. The zero-order chi connectivity index (χ0) is 14.5. The molecule has 0 heterocycles. The fourth-order valence-corrected chi connectivity index (χ4v) is 1.60. The minimum absolute atomic E-state index is 0.0422. The number of carboxylic acid groups (broad SMARTS) is 1. The van der Waals surface area contributed by atoms with Gasteiger partial charge in [-0.15, -0.1) is 0 Å². The molecule has 0 aromatic heterocycles. The van der Waals surface area contributed by atoms with Gasteiger partial charge < -0.3 is 15.3 Å². The highest BCUT2D eigenvalue weighted by molar-refractivity contribution is 5.86. The molecule has 18 heavy (non-hydrogen) atoms. The van der Waals surface area contributed by atoms with Gasteiger partial charge in [0.1, 0.15) is 0 Å². The Morgan fingerprint density at radius 3 is 2.22 bits per heavy atom. The second kappa shape index (κ2) is 6.54. The van der Waals surface area contributed by atoms with E-state index in [9.17, 15) is 9.59 Å². The number of carboxylic acids is 1. The van der Waals surface area contributed by atoms with Crippen molar-refractivity contribution in [3.05, 3.63) is 11.6 Å². The number of carbonyl (C=O) groups excluding carboxylic acids is 1. The topological polar surface area (TPSA) is 69.6 Å². The van der Waals surface area contributed by atoms with Crippen molar-refractivity contribution in [3.63, 3.8) is 0 Å². The zero-order valence-electron chi connectivity index (χ0n) is 12.1. The predicted molar refractivity (Wildman–Crippen MR) is 71.3 cm³/mol. The number of nitrogens with one attached hydrogen (secondary N) is 1. The summed E-state index contributed by atoms with van der Waals surface area (Å²) in [5.41, 5.74) is 0.0532. The van der Waals surface area contributed by atoms with Gasteiger partial charge >= 0.3 is 5.97 Å². The Morgan fingerprint density at radius 2 is 1.89 bits per heavy atom. The van der Waals surface area contributed by atoms with E-state index in [-0.39, 0.29) is 22.9 Å². The molecule has 0 aliphatic rings. The van der Waals surface area contributed by atoms with Crippen LogP contribution in [0.25, 0.3) is 0 Å². The lowest BCUT2D eigenvalue weighted by atomic mass is 9.86. The maximum atomic E-state index is 12.2. The summed E-state index contributed by atoms with van der Waals surface area (Å²) in [4.78, 5) is 24.4. The first-order valence-corrected chi connectivity index (χ1v) is 5.93. The molecule has 0 fully saturated rings. The standard InChI is InChI=1S/C13H24N2O3/c1-9(12(17)18)7-8-15(6)11(16)10(14-5)13(2,3)4/h7,10,14H,8H2,1-6H3,(H,17,18)/b9-7+. The summed E-state index contributed by atoms with van der Waals surface area (Å²) in [5, 5.41) is 11.7. The minimum Gasteiger partial charge on any atom is -0.478 e. The van der Waals surface area contributed by atoms with E-state index in [0.717, 1.165) is 0 Å². The summed E-state index contributed by atoms with van der Waals surface area (Å²) in [6, 6.07) is -0.291. The highest BCUT2D eigenvalue weighted by Gasteiger charge is 2.31. The van der Waals surface area contributed by atoms with Crippen LogP contribution in [0.3, 0.4) is 0 Å². The number of hydrogen-bond donors (Lipinski definition) is 2. The van der Waals surface area contributed by atoms with E-state index in [2.05, 4.69) is 5.32 Å². The average Bonchev–Trinajstić information content (AvgIpc) is 2.23. The summed E-state index contributed by atoms with van der Waals surface area (Å²) in [5.74, 6) is -1.00. The molecule has 0 radical (unpaired) electrons. The van der Waals surface area contributed by atoms with Crippen molar-refractivity contribution < 1.29 is 14.7 Å².